The van der Waals surface area contributed by atoms with Crippen molar-refractivity contribution in [2.24, 2.45) is 5.73 Å². The molecule has 1 radical (unpaired) electrons. The van der Waals surface area contributed by atoms with Gasteiger partial charge in [0.15, 0.2) is 4.32 Å². The van der Waals surface area contributed by atoms with E-state index in [0.29, 0.717) is 0 Å². The summed E-state index contributed by atoms with van der Waals surface area (Å²) in [5.74, 6) is 0. The first kappa shape index (κ1) is 4.11. The summed E-state index contributed by atoms with van der Waals surface area (Å²) >= 11 is 8.26. The lowest BCUT2D eigenvalue weighted by molar-refractivity contribution is 1.91. The van der Waals surface area contributed by atoms with E-state index in [2.05, 4.69) is 30.6 Å². The summed E-state index contributed by atoms with van der Waals surface area (Å²) in [4.78, 5) is 0. The lowest BCUT2D eigenvalue weighted by atomic mass is 11.5. The van der Waals surface area contributed by atoms with Crippen molar-refractivity contribution in [3.05, 3.63) is 0 Å². The third kappa shape index (κ3) is 215. The van der Waals surface area contributed by atoms with Gasteiger partial charge in [-0.3, -0.25) is 0 Å². The van der Waals surface area contributed by atoms with E-state index < -0.39 is 0 Å². The van der Waals surface area contributed by atoms with Gasteiger partial charge in [-0.1, -0.05) is 0 Å². The molecule has 0 aliphatic rings. The zero-order chi connectivity index (χ0) is 3.58. The van der Waals surface area contributed by atoms with Crippen molar-refractivity contribution in [1.29, 1.82) is 0 Å². The van der Waals surface area contributed by atoms with Crippen LogP contribution in [0, 0.1) is 0 Å². The first-order valence-corrected chi connectivity index (χ1v) is 1.51. The highest BCUT2D eigenvalue weighted by Crippen LogP contribution is 1.63. The fourth-order valence-electron chi connectivity index (χ4n) is 0. The Kier molecular flexibility index (Phi) is 1.47. The van der Waals surface area contributed by atoms with E-state index in [9.17, 15) is 0 Å². The molecule has 0 amide bonds. The number of hydrogen-bond acceptors (Lipinski definition) is 1. The third-order valence-corrected chi connectivity index (χ3v) is 0. The largest absolute Gasteiger partial charge is 0.381 e. The van der Waals surface area contributed by atoms with Crippen molar-refractivity contribution in [3.63, 3.8) is 0 Å². The smallest absolute Gasteiger partial charge is 0.161 e. The molecular formula is CH2NS2. The van der Waals surface area contributed by atoms with E-state index in [4.69, 9.17) is 0 Å². The van der Waals surface area contributed by atoms with E-state index >= 15 is 0 Å². The van der Waals surface area contributed by atoms with Crippen LogP contribution >= 0.6 is 24.8 Å². The average Bonchev–Trinajstić information content (AvgIpc) is 0.811. The number of nitrogens with two attached hydrogens (primary N) is 1. The monoisotopic (exact) mass is 92.0 g/mol. The normalized spacial score (nSPS) is 6.00. The molecule has 0 unspecified atom stereocenters. The van der Waals surface area contributed by atoms with Crippen LogP contribution in [-0.4, -0.2) is 4.32 Å². The van der Waals surface area contributed by atoms with E-state index in [-0.39, 0.29) is 4.32 Å². The van der Waals surface area contributed by atoms with Gasteiger partial charge < -0.3 is 5.73 Å². The van der Waals surface area contributed by atoms with E-state index in [1.54, 1.807) is 0 Å². The second-order valence-electron chi connectivity index (χ2n) is 0.319. The second kappa shape index (κ2) is 1.43. The summed E-state index contributed by atoms with van der Waals surface area (Å²) in [5, 5.41) is 0. The summed E-state index contributed by atoms with van der Waals surface area (Å²) in [6.07, 6.45) is 0. The number of hydrogen-bond donors (Lipinski definition) is 1. The van der Waals surface area contributed by atoms with Crippen LogP contribution < -0.4 is 5.73 Å². The first-order chi connectivity index (χ1) is 1.73. The molecule has 0 aromatic heterocycles. The van der Waals surface area contributed by atoms with Gasteiger partial charge in [-0.05, 0) is 24.8 Å². The number of thiocarbonyl (C=S) groups is 1. The van der Waals surface area contributed by atoms with Gasteiger partial charge in [-0.15, -0.1) is 0 Å². The molecule has 1 nitrogen and oxygen atoms in total. The molecule has 0 aliphatic heterocycles. The van der Waals surface area contributed by atoms with Gasteiger partial charge in [0, 0.05) is 0 Å². The van der Waals surface area contributed by atoms with Crippen LogP contribution in [0.2, 0.25) is 0 Å². The van der Waals surface area contributed by atoms with E-state index in [1.807, 2.05) is 0 Å². The van der Waals surface area contributed by atoms with Crippen molar-refractivity contribution in [2.75, 3.05) is 0 Å². The van der Waals surface area contributed by atoms with Gasteiger partial charge in [0.1, 0.15) is 0 Å². The molecule has 0 saturated heterocycles. The van der Waals surface area contributed by atoms with Crippen molar-refractivity contribution in [2.45, 2.75) is 0 Å². The highest BCUT2D eigenvalue weighted by molar-refractivity contribution is 8.10. The topological polar surface area (TPSA) is 26.0 Å². The highest BCUT2D eigenvalue weighted by atomic mass is 32.1. The average molecular weight is 92.2 g/mol. The summed E-state index contributed by atoms with van der Waals surface area (Å²) < 4.78 is 0.0833. The van der Waals surface area contributed by atoms with Gasteiger partial charge >= 0.3 is 0 Å². The van der Waals surface area contributed by atoms with Crippen molar-refractivity contribution < 1.29 is 0 Å². The minimum atomic E-state index is 0.0833. The van der Waals surface area contributed by atoms with Gasteiger partial charge in [-0.2, -0.15) is 0 Å². The Morgan fingerprint density at radius 2 is 1.75 bits per heavy atom. The molecule has 23 valence electrons. The van der Waals surface area contributed by atoms with Crippen LogP contribution in [0.15, 0.2) is 0 Å². The van der Waals surface area contributed by atoms with Crippen LogP contribution in [0.25, 0.3) is 0 Å². The Morgan fingerprint density at radius 1 is 1.75 bits per heavy atom. The molecule has 0 spiro atoms. The molecule has 2 N–H and O–H groups in total. The minimum Gasteiger partial charge on any atom is -0.381 e. The quantitative estimate of drug-likeness (QED) is 0.438. The fourth-order valence-corrected chi connectivity index (χ4v) is 0. The van der Waals surface area contributed by atoms with Crippen molar-refractivity contribution >= 4 is 29.2 Å². The summed E-state index contributed by atoms with van der Waals surface area (Å²) in [6.45, 7) is 0. The molecule has 0 aliphatic carbocycles. The predicted molar refractivity (Wildman–Crippen MR) is 24.4 cm³/mol. The first-order valence-electron chi connectivity index (χ1n) is 0.697. The molecule has 0 heterocycles. The van der Waals surface area contributed by atoms with Gasteiger partial charge in [-0.25, -0.2) is 0 Å². The standard InChI is InChI=1S/CH2NS2/c2-1(3)4/h(H2,2,3). The van der Waals surface area contributed by atoms with Crippen LogP contribution in [0.4, 0.5) is 0 Å². The molecule has 4 heavy (non-hydrogen) atoms. The maximum absolute atomic E-state index is 4.66. The Bertz CT molecular complexity index is 29.0. The van der Waals surface area contributed by atoms with Crippen molar-refractivity contribution in [3.8, 4) is 0 Å². The van der Waals surface area contributed by atoms with Gasteiger partial charge in [0.25, 0.3) is 0 Å². The maximum Gasteiger partial charge on any atom is 0.161 e. The van der Waals surface area contributed by atoms with Crippen molar-refractivity contribution in [1.82, 2.24) is 0 Å². The second-order valence-corrected chi connectivity index (χ2v) is 1.46. The summed E-state index contributed by atoms with van der Waals surface area (Å²) in [7, 11) is 0. The molecular weight excluding hydrogens is 90.2 g/mol. The molecule has 0 saturated carbocycles. The van der Waals surface area contributed by atoms with Crippen LogP contribution in [0.5, 0.6) is 0 Å². The van der Waals surface area contributed by atoms with Gasteiger partial charge in [0.2, 0.25) is 0 Å². The molecule has 0 aromatic carbocycles. The molecule has 3 heteroatoms. The van der Waals surface area contributed by atoms with E-state index in [1.165, 1.54) is 0 Å². The summed E-state index contributed by atoms with van der Waals surface area (Å²) in [5.41, 5.74) is 4.66. The molecule has 0 aromatic rings. The summed E-state index contributed by atoms with van der Waals surface area (Å²) in [6, 6.07) is 0. The Labute approximate surface area is 35.6 Å². The lowest BCUT2D eigenvalue weighted by Gasteiger charge is -1.61. The van der Waals surface area contributed by atoms with E-state index in [0.717, 1.165) is 0 Å². The Balaban J connectivity index is 2.80. The Morgan fingerprint density at radius 3 is 1.75 bits per heavy atom. The zero-order valence-electron chi connectivity index (χ0n) is 1.89. The minimum absolute atomic E-state index is 0.0833. The molecule has 0 fully saturated rings. The van der Waals surface area contributed by atoms with Crippen LogP contribution in [-0.2, 0) is 0 Å². The lowest BCUT2D eigenvalue weighted by Crippen LogP contribution is -1.94. The molecule has 0 bridgehead atoms. The SMILES string of the molecule is NC([S])=S. The van der Waals surface area contributed by atoms with Crippen LogP contribution in [0.3, 0.4) is 0 Å². The Hall–Kier alpha value is 0.110. The third-order valence-electron chi connectivity index (χ3n) is 0. The molecule has 0 rings (SSSR count). The zero-order valence-corrected chi connectivity index (χ0v) is 3.53. The molecule has 0 atom stereocenters. The van der Waals surface area contributed by atoms with Gasteiger partial charge in [0.05, 0.1) is 0 Å². The maximum atomic E-state index is 4.66. The predicted octanol–water partition coefficient (Wildman–Crippen LogP) is 0.428. The number of rotatable bonds is 0. The fraction of sp³-hybridized carbons (Fsp3) is 0. The highest BCUT2D eigenvalue weighted by Gasteiger charge is 1.59. The van der Waals surface area contributed by atoms with Crippen LogP contribution in [0.1, 0.15) is 0 Å².